The molecule has 3 aromatic rings. The van der Waals surface area contributed by atoms with E-state index in [1.54, 1.807) is 17.2 Å². The van der Waals surface area contributed by atoms with E-state index in [4.69, 9.17) is 0 Å². The Bertz CT molecular complexity index is 960. The molecule has 0 spiro atoms. The van der Waals surface area contributed by atoms with Gasteiger partial charge in [-0.05, 0) is 26.0 Å². The summed E-state index contributed by atoms with van der Waals surface area (Å²) in [6, 6.07) is 10.3. The summed E-state index contributed by atoms with van der Waals surface area (Å²) in [4.78, 5) is 28.1. The van der Waals surface area contributed by atoms with Gasteiger partial charge in [-0.15, -0.1) is 0 Å². The number of rotatable bonds is 6. The highest BCUT2D eigenvalue weighted by Gasteiger charge is 2.23. The number of para-hydroxylation sites is 1. The zero-order chi connectivity index (χ0) is 20.2. The van der Waals surface area contributed by atoms with Crippen LogP contribution in [0, 0.1) is 0 Å². The fourth-order valence-corrected chi connectivity index (χ4v) is 3.85. The average molecular weight is 393 g/mol. The van der Waals surface area contributed by atoms with Crippen LogP contribution < -0.4 is 9.80 Å². The molecular weight excluding hydrogens is 366 g/mol. The van der Waals surface area contributed by atoms with E-state index in [9.17, 15) is 4.79 Å². The lowest BCUT2D eigenvalue weighted by Gasteiger charge is -2.36. The first kappa shape index (κ1) is 19.2. The van der Waals surface area contributed by atoms with Gasteiger partial charge in [-0.3, -0.25) is 4.79 Å². The number of anilines is 2. The maximum Gasteiger partial charge on any atom is 0.244 e. The minimum atomic E-state index is 0.0747. The summed E-state index contributed by atoms with van der Waals surface area (Å²) in [7, 11) is 0. The fraction of sp³-hybridized carbons (Fsp3) is 0.429. The molecule has 8 heteroatoms. The fourth-order valence-electron chi connectivity index (χ4n) is 3.85. The average Bonchev–Trinajstić information content (AvgIpc) is 3.19. The van der Waals surface area contributed by atoms with Crippen LogP contribution in [0.2, 0.25) is 0 Å². The Balaban J connectivity index is 1.44. The van der Waals surface area contributed by atoms with Crippen LogP contribution in [0.3, 0.4) is 0 Å². The predicted molar refractivity (Wildman–Crippen MR) is 114 cm³/mol. The van der Waals surface area contributed by atoms with E-state index < -0.39 is 0 Å². The Hall–Kier alpha value is -3.16. The van der Waals surface area contributed by atoms with Gasteiger partial charge >= 0.3 is 0 Å². The van der Waals surface area contributed by atoms with Crippen molar-refractivity contribution in [1.29, 1.82) is 0 Å². The zero-order valence-corrected chi connectivity index (χ0v) is 17.0. The minimum Gasteiger partial charge on any atom is -0.368 e. The Morgan fingerprint density at radius 1 is 1.03 bits per heavy atom. The van der Waals surface area contributed by atoms with Crippen molar-refractivity contribution < 1.29 is 4.79 Å². The van der Waals surface area contributed by atoms with Crippen molar-refractivity contribution in [2.24, 2.45) is 0 Å². The van der Waals surface area contributed by atoms with E-state index in [1.165, 1.54) is 5.69 Å². The third-order valence-corrected chi connectivity index (χ3v) is 5.51. The van der Waals surface area contributed by atoms with Gasteiger partial charge < -0.3 is 14.7 Å². The standard InChI is InChI=1S/C21H27N7O/c1-3-25(4-2)20-18-14-24-28(21(18)23-16-22-20)15-19(29)27-12-10-26(11-13-27)17-8-6-5-7-9-17/h5-9,14,16H,3-4,10-13,15H2,1-2H3. The van der Waals surface area contributed by atoms with E-state index >= 15 is 0 Å². The number of carbonyl (C=O) groups excluding carboxylic acids is 1. The maximum atomic E-state index is 12.9. The van der Waals surface area contributed by atoms with Crippen molar-refractivity contribution >= 4 is 28.4 Å². The van der Waals surface area contributed by atoms with E-state index in [1.807, 2.05) is 23.1 Å². The number of hydrogen-bond acceptors (Lipinski definition) is 6. The molecule has 152 valence electrons. The van der Waals surface area contributed by atoms with Crippen LogP contribution in [0.1, 0.15) is 13.8 Å². The van der Waals surface area contributed by atoms with Crippen LogP contribution in [0.4, 0.5) is 11.5 Å². The maximum absolute atomic E-state index is 12.9. The molecule has 2 aromatic heterocycles. The molecule has 29 heavy (non-hydrogen) atoms. The molecule has 0 saturated carbocycles. The third kappa shape index (κ3) is 3.87. The quantitative estimate of drug-likeness (QED) is 0.638. The zero-order valence-electron chi connectivity index (χ0n) is 17.0. The molecule has 1 saturated heterocycles. The molecule has 1 aromatic carbocycles. The molecule has 0 atom stereocenters. The van der Waals surface area contributed by atoms with Gasteiger partial charge in [-0.25, -0.2) is 14.6 Å². The topological polar surface area (TPSA) is 70.4 Å². The highest BCUT2D eigenvalue weighted by molar-refractivity contribution is 5.87. The smallest absolute Gasteiger partial charge is 0.244 e. The van der Waals surface area contributed by atoms with Crippen LogP contribution in [-0.4, -0.2) is 69.8 Å². The molecule has 0 aliphatic carbocycles. The molecule has 0 N–H and O–H groups in total. The normalized spacial score (nSPS) is 14.4. The summed E-state index contributed by atoms with van der Waals surface area (Å²) in [5, 5.41) is 5.32. The first-order chi connectivity index (χ1) is 14.2. The Labute approximate surface area is 170 Å². The van der Waals surface area contributed by atoms with Crippen molar-refractivity contribution in [1.82, 2.24) is 24.6 Å². The first-order valence-electron chi connectivity index (χ1n) is 10.2. The van der Waals surface area contributed by atoms with Crippen molar-refractivity contribution in [2.75, 3.05) is 49.1 Å². The Morgan fingerprint density at radius 2 is 1.76 bits per heavy atom. The van der Waals surface area contributed by atoms with Gasteiger partial charge in [0.05, 0.1) is 11.6 Å². The Kier molecular flexibility index (Phi) is 5.59. The summed E-state index contributed by atoms with van der Waals surface area (Å²) in [5.74, 6) is 0.945. The third-order valence-electron chi connectivity index (χ3n) is 5.51. The SMILES string of the molecule is CCN(CC)c1ncnc2c1cnn2CC(=O)N1CCN(c2ccccc2)CC1. The summed E-state index contributed by atoms with van der Waals surface area (Å²) in [6.07, 6.45) is 3.32. The second-order valence-electron chi connectivity index (χ2n) is 7.11. The number of benzene rings is 1. The van der Waals surface area contributed by atoms with Crippen molar-refractivity contribution in [3.8, 4) is 0 Å². The largest absolute Gasteiger partial charge is 0.368 e. The molecule has 1 amide bonds. The lowest BCUT2D eigenvalue weighted by atomic mass is 10.2. The lowest BCUT2D eigenvalue weighted by Crippen LogP contribution is -2.49. The molecule has 1 aliphatic rings. The van der Waals surface area contributed by atoms with Crippen molar-refractivity contribution in [3.05, 3.63) is 42.9 Å². The van der Waals surface area contributed by atoms with E-state index in [0.29, 0.717) is 18.7 Å². The Morgan fingerprint density at radius 3 is 2.45 bits per heavy atom. The molecule has 1 aliphatic heterocycles. The van der Waals surface area contributed by atoms with Crippen molar-refractivity contribution in [3.63, 3.8) is 0 Å². The van der Waals surface area contributed by atoms with Crippen LogP contribution in [0.25, 0.3) is 11.0 Å². The molecule has 3 heterocycles. The molecule has 0 unspecified atom stereocenters. The second-order valence-corrected chi connectivity index (χ2v) is 7.11. The summed E-state index contributed by atoms with van der Waals surface area (Å²) < 4.78 is 1.69. The number of piperazine rings is 1. The van der Waals surface area contributed by atoms with Gasteiger partial charge in [0.15, 0.2) is 5.65 Å². The summed E-state index contributed by atoms with van der Waals surface area (Å²) in [5.41, 5.74) is 1.91. The highest BCUT2D eigenvalue weighted by atomic mass is 16.2. The monoisotopic (exact) mass is 393 g/mol. The second kappa shape index (κ2) is 8.46. The summed E-state index contributed by atoms with van der Waals surface area (Å²) >= 11 is 0. The number of carbonyl (C=O) groups is 1. The van der Waals surface area contributed by atoms with E-state index in [2.05, 4.69) is 50.8 Å². The van der Waals surface area contributed by atoms with Crippen LogP contribution in [0.5, 0.6) is 0 Å². The van der Waals surface area contributed by atoms with Crippen LogP contribution in [-0.2, 0) is 11.3 Å². The summed E-state index contributed by atoms with van der Waals surface area (Å²) in [6.45, 7) is 9.22. The van der Waals surface area contributed by atoms with Gasteiger partial charge in [0.1, 0.15) is 18.7 Å². The van der Waals surface area contributed by atoms with Crippen molar-refractivity contribution in [2.45, 2.75) is 20.4 Å². The number of fused-ring (bicyclic) bond motifs is 1. The number of hydrogen-bond donors (Lipinski definition) is 0. The first-order valence-corrected chi connectivity index (χ1v) is 10.2. The number of nitrogens with zero attached hydrogens (tertiary/aromatic N) is 7. The van der Waals surface area contributed by atoms with Crippen LogP contribution >= 0.6 is 0 Å². The molecule has 1 fully saturated rings. The van der Waals surface area contributed by atoms with Gasteiger partial charge in [-0.2, -0.15) is 5.10 Å². The minimum absolute atomic E-state index is 0.0747. The predicted octanol–water partition coefficient (Wildman–Crippen LogP) is 2.02. The highest BCUT2D eigenvalue weighted by Crippen LogP contribution is 2.22. The van der Waals surface area contributed by atoms with Gasteiger partial charge in [0, 0.05) is 45.0 Å². The lowest BCUT2D eigenvalue weighted by molar-refractivity contribution is -0.132. The molecule has 0 bridgehead atoms. The molecule has 8 nitrogen and oxygen atoms in total. The van der Waals surface area contributed by atoms with Gasteiger partial charge in [0.25, 0.3) is 0 Å². The number of aromatic nitrogens is 4. The van der Waals surface area contributed by atoms with E-state index in [-0.39, 0.29) is 12.5 Å². The van der Waals surface area contributed by atoms with Gasteiger partial charge in [-0.1, -0.05) is 18.2 Å². The van der Waals surface area contributed by atoms with Crippen LogP contribution in [0.15, 0.2) is 42.9 Å². The van der Waals surface area contributed by atoms with Gasteiger partial charge in [0.2, 0.25) is 5.91 Å². The van der Waals surface area contributed by atoms with E-state index in [0.717, 1.165) is 37.4 Å². The molecular formula is C21H27N7O. The number of amides is 1. The molecule has 0 radical (unpaired) electrons. The molecule has 4 rings (SSSR count).